The first-order chi connectivity index (χ1) is 16.3. The van der Waals surface area contributed by atoms with Crippen molar-refractivity contribution in [2.75, 3.05) is 13.1 Å². The second-order valence-electron chi connectivity index (χ2n) is 8.71. The maximum Gasteiger partial charge on any atom is 0.241 e. The van der Waals surface area contributed by atoms with Crippen molar-refractivity contribution in [3.63, 3.8) is 0 Å². The van der Waals surface area contributed by atoms with Crippen molar-refractivity contribution >= 4 is 33.1 Å². The van der Waals surface area contributed by atoms with Gasteiger partial charge in [0.2, 0.25) is 15.9 Å². The lowest BCUT2D eigenvalue weighted by Crippen LogP contribution is -2.50. The van der Waals surface area contributed by atoms with Gasteiger partial charge in [-0.2, -0.15) is 9.98 Å². The predicted molar refractivity (Wildman–Crippen MR) is 127 cm³/mol. The summed E-state index contributed by atoms with van der Waals surface area (Å²) < 4.78 is 31.3. The van der Waals surface area contributed by atoms with Gasteiger partial charge in [0.05, 0.1) is 4.90 Å². The SMILES string of the molecule is CC1CCN(C(=O)C(CCn2cccc2C#N)NS(=O)(=O)c2cccc3[nH]cc(C=O)c23)CC1. The number of nitriles is 1. The summed E-state index contributed by atoms with van der Waals surface area (Å²) in [4.78, 5) is 29.5. The van der Waals surface area contributed by atoms with Crippen molar-refractivity contribution in [1.82, 2.24) is 19.2 Å². The molecular formula is C24H27N5O4S. The Morgan fingerprint density at radius 3 is 2.76 bits per heavy atom. The number of nitrogens with one attached hydrogen (secondary N) is 2. The van der Waals surface area contributed by atoms with Gasteiger partial charge in [-0.1, -0.05) is 13.0 Å². The predicted octanol–water partition coefficient (Wildman–Crippen LogP) is 2.65. The molecule has 1 aliphatic heterocycles. The van der Waals surface area contributed by atoms with Gasteiger partial charge in [0.25, 0.3) is 0 Å². The minimum Gasteiger partial charge on any atom is -0.360 e. The molecule has 0 bridgehead atoms. The number of benzene rings is 1. The molecule has 1 atom stereocenters. The van der Waals surface area contributed by atoms with Crippen molar-refractivity contribution in [2.24, 2.45) is 5.92 Å². The number of aldehydes is 1. The number of aryl methyl sites for hydroxylation is 1. The Hall–Kier alpha value is -3.42. The molecule has 4 rings (SSSR count). The number of rotatable bonds is 8. The van der Waals surface area contributed by atoms with E-state index in [0.717, 1.165) is 12.8 Å². The van der Waals surface area contributed by atoms with Crippen LogP contribution in [0.25, 0.3) is 10.9 Å². The van der Waals surface area contributed by atoms with Gasteiger partial charge in [0.15, 0.2) is 6.29 Å². The number of hydrogen-bond donors (Lipinski definition) is 2. The van der Waals surface area contributed by atoms with Crippen LogP contribution in [0.2, 0.25) is 0 Å². The molecule has 3 aromatic rings. The number of carbonyl (C=O) groups excluding carboxylic acids is 2. The van der Waals surface area contributed by atoms with E-state index in [4.69, 9.17) is 0 Å². The van der Waals surface area contributed by atoms with Gasteiger partial charge >= 0.3 is 0 Å². The molecule has 1 aliphatic rings. The highest BCUT2D eigenvalue weighted by atomic mass is 32.2. The quantitative estimate of drug-likeness (QED) is 0.478. The number of piperidine rings is 1. The normalized spacial score (nSPS) is 15.8. The lowest BCUT2D eigenvalue weighted by atomic mass is 9.98. The largest absolute Gasteiger partial charge is 0.360 e. The lowest BCUT2D eigenvalue weighted by Gasteiger charge is -2.33. The Bertz CT molecular complexity index is 1340. The average molecular weight is 482 g/mol. The minimum atomic E-state index is -4.14. The van der Waals surface area contributed by atoms with Crippen LogP contribution in [0.1, 0.15) is 42.2 Å². The summed E-state index contributed by atoms with van der Waals surface area (Å²) in [6, 6.07) is 9.18. The molecule has 1 saturated heterocycles. The highest BCUT2D eigenvalue weighted by Crippen LogP contribution is 2.26. The third-order valence-corrected chi connectivity index (χ3v) is 7.92. The maximum absolute atomic E-state index is 13.5. The summed E-state index contributed by atoms with van der Waals surface area (Å²) in [6.45, 7) is 3.59. The van der Waals surface area contributed by atoms with Crippen molar-refractivity contribution in [2.45, 2.75) is 43.7 Å². The number of hydrogen-bond acceptors (Lipinski definition) is 5. The van der Waals surface area contributed by atoms with Crippen LogP contribution >= 0.6 is 0 Å². The zero-order chi connectivity index (χ0) is 24.3. The van der Waals surface area contributed by atoms with E-state index in [1.807, 2.05) is 0 Å². The fourth-order valence-corrected chi connectivity index (χ4v) is 5.88. The first kappa shape index (κ1) is 23.7. The van der Waals surface area contributed by atoms with Crippen LogP contribution in [-0.2, 0) is 21.4 Å². The molecule has 1 aromatic carbocycles. The van der Waals surface area contributed by atoms with Gasteiger partial charge < -0.3 is 14.5 Å². The molecule has 2 aromatic heterocycles. The summed E-state index contributed by atoms with van der Waals surface area (Å²) in [7, 11) is -4.14. The number of aromatic nitrogens is 2. The van der Waals surface area contributed by atoms with Crippen LogP contribution in [0.5, 0.6) is 0 Å². The van der Waals surface area contributed by atoms with E-state index in [2.05, 4.69) is 22.7 Å². The third kappa shape index (κ3) is 4.76. The van der Waals surface area contributed by atoms with Gasteiger partial charge in [-0.05, 0) is 49.4 Å². The second kappa shape index (κ2) is 9.83. The fourth-order valence-electron chi connectivity index (χ4n) is 4.41. The number of carbonyl (C=O) groups is 2. The number of fused-ring (bicyclic) bond motifs is 1. The molecule has 34 heavy (non-hydrogen) atoms. The first-order valence-electron chi connectivity index (χ1n) is 11.3. The van der Waals surface area contributed by atoms with E-state index in [0.29, 0.717) is 48.4 Å². The van der Waals surface area contributed by atoms with Crippen LogP contribution in [0, 0.1) is 17.2 Å². The Morgan fingerprint density at radius 1 is 1.29 bits per heavy atom. The van der Waals surface area contributed by atoms with E-state index < -0.39 is 16.1 Å². The summed E-state index contributed by atoms with van der Waals surface area (Å²) in [6.07, 6.45) is 5.71. The molecule has 10 heteroatoms. The number of nitrogens with zero attached hydrogens (tertiary/aromatic N) is 3. The number of aromatic amines is 1. The molecule has 1 fully saturated rings. The molecule has 1 amide bonds. The Morgan fingerprint density at radius 2 is 2.06 bits per heavy atom. The summed E-state index contributed by atoms with van der Waals surface area (Å²) in [5.74, 6) is 0.239. The molecule has 0 radical (unpaired) electrons. The first-order valence-corrected chi connectivity index (χ1v) is 12.7. The Balaban J connectivity index is 1.64. The van der Waals surface area contributed by atoms with E-state index in [1.54, 1.807) is 39.9 Å². The molecule has 0 spiro atoms. The number of sulfonamides is 1. The van der Waals surface area contributed by atoms with Crippen molar-refractivity contribution in [3.8, 4) is 6.07 Å². The molecule has 9 nitrogen and oxygen atoms in total. The zero-order valence-corrected chi connectivity index (χ0v) is 19.7. The molecule has 0 aliphatic carbocycles. The second-order valence-corrected chi connectivity index (χ2v) is 10.4. The van der Waals surface area contributed by atoms with Crippen LogP contribution in [0.3, 0.4) is 0 Å². The number of likely N-dealkylation sites (tertiary alicyclic amines) is 1. The third-order valence-electron chi connectivity index (χ3n) is 6.41. The van der Waals surface area contributed by atoms with Crippen molar-refractivity contribution in [3.05, 3.63) is 54.0 Å². The highest BCUT2D eigenvalue weighted by molar-refractivity contribution is 7.89. The highest BCUT2D eigenvalue weighted by Gasteiger charge is 2.32. The van der Waals surface area contributed by atoms with Crippen molar-refractivity contribution < 1.29 is 18.0 Å². The molecular weight excluding hydrogens is 454 g/mol. The molecule has 1 unspecified atom stereocenters. The Labute approximate surface area is 198 Å². The van der Waals surface area contributed by atoms with E-state index in [1.165, 1.54) is 12.3 Å². The summed E-state index contributed by atoms with van der Waals surface area (Å²) in [5, 5.41) is 9.58. The fraction of sp³-hybridized carbons (Fsp3) is 0.375. The van der Waals surface area contributed by atoms with E-state index >= 15 is 0 Å². The Kier molecular flexibility index (Phi) is 6.86. The molecule has 3 heterocycles. The lowest BCUT2D eigenvalue weighted by molar-refractivity contribution is -0.134. The minimum absolute atomic E-state index is 0.0582. The van der Waals surface area contributed by atoms with Crippen LogP contribution in [-0.4, -0.2) is 54.2 Å². The van der Waals surface area contributed by atoms with Gasteiger partial charge in [-0.15, -0.1) is 0 Å². The average Bonchev–Trinajstić information content (AvgIpc) is 3.47. The maximum atomic E-state index is 13.5. The van der Waals surface area contributed by atoms with Gasteiger partial charge in [-0.3, -0.25) is 9.59 Å². The topological polar surface area (TPSA) is 128 Å². The number of H-pyrrole nitrogens is 1. The summed E-state index contributed by atoms with van der Waals surface area (Å²) in [5.41, 5.74) is 1.19. The van der Waals surface area contributed by atoms with Crippen molar-refractivity contribution in [1.29, 1.82) is 5.26 Å². The van der Waals surface area contributed by atoms with Gasteiger partial charge in [0, 0.05) is 48.5 Å². The smallest absolute Gasteiger partial charge is 0.241 e. The number of amides is 1. The summed E-state index contributed by atoms with van der Waals surface area (Å²) >= 11 is 0. The monoisotopic (exact) mass is 481 g/mol. The van der Waals surface area contributed by atoms with E-state index in [-0.39, 0.29) is 22.8 Å². The van der Waals surface area contributed by atoms with Gasteiger partial charge in [0.1, 0.15) is 17.8 Å². The van der Waals surface area contributed by atoms with Crippen LogP contribution in [0.4, 0.5) is 0 Å². The van der Waals surface area contributed by atoms with Crippen LogP contribution < -0.4 is 4.72 Å². The molecule has 0 saturated carbocycles. The van der Waals surface area contributed by atoms with E-state index in [9.17, 15) is 23.3 Å². The molecule has 2 N–H and O–H groups in total. The standard InChI is InChI=1S/C24H27N5O4S/c1-17-7-11-29(12-8-17)24(31)21(9-13-28-10-3-4-19(28)14-25)27-34(32,33)22-6-2-5-20-23(22)18(16-30)15-26-20/h2-6,10,15-17,21,26-27H,7-9,11-13H2,1H3. The van der Waals surface area contributed by atoms with Gasteiger partial charge in [-0.25, -0.2) is 8.42 Å². The molecule has 178 valence electrons. The zero-order valence-electron chi connectivity index (χ0n) is 18.9. The van der Waals surface area contributed by atoms with Crippen LogP contribution in [0.15, 0.2) is 47.6 Å².